The van der Waals surface area contributed by atoms with E-state index < -0.39 is 0 Å². The molecule has 0 aliphatic carbocycles. The number of benzene rings is 1. The fourth-order valence-electron chi connectivity index (χ4n) is 1.52. The molecule has 0 bridgehead atoms. The van der Waals surface area contributed by atoms with E-state index in [4.69, 9.17) is 0 Å². The number of halogens is 1. The first-order valence-corrected chi connectivity index (χ1v) is 4.80. The van der Waals surface area contributed by atoms with Crippen molar-refractivity contribution in [2.24, 2.45) is 0 Å². The van der Waals surface area contributed by atoms with E-state index in [2.05, 4.69) is 42.2 Å². The summed E-state index contributed by atoms with van der Waals surface area (Å²) in [6.45, 7) is 2.05. The largest absolute Gasteiger partial charge is 0.261 e. The van der Waals surface area contributed by atoms with Gasteiger partial charge in [0.05, 0.1) is 0 Å². The van der Waals surface area contributed by atoms with E-state index in [0.29, 0.717) is 0 Å². The lowest BCUT2D eigenvalue weighted by Crippen LogP contribution is -1.93. The second kappa shape index (κ2) is 5.52. The fourth-order valence-corrected chi connectivity index (χ4v) is 1.52. The summed E-state index contributed by atoms with van der Waals surface area (Å²) < 4.78 is 0. The topological polar surface area (TPSA) is 12.9 Å². The fraction of sp³-hybridized carbons (Fsp3) is 0.154. The van der Waals surface area contributed by atoms with Crippen LogP contribution in [-0.4, -0.2) is 4.98 Å². The minimum atomic E-state index is 0. The zero-order valence-electron chi connectivity index (χ0n) is 8.68. The molecule has 1 heterocycles. The van der Waals surface area contributed by atoms with Crippen LogP contribution in [0.3, 0.4) is 0 Å². The maximum atomic E-state index is 4.28. The molecule has 0 unspecified atom stereocenters. The van der Waals surface area contributed by atoms with Crippen LogP contribution in [0, 0.1) is 6.92 Å². The average molecular weight is 220 g/mol. The summed E-state index contributed by atoms with van der Waals surface area (Å²) >= 11 is 0. The maximum absolute atomic E-state index is 4.28. The molecule has 1 aromatic carbocycles. The average Bonchev–Trinajstić information content (AvgIpc) is 2.23. The molecule has 2 rings (SSSR count). The molecule has 1 aromatic heterocycles. The molecule has 0 N–H and O–H groups in total. The SMILES string of the molecule is Cc1ncccc1Cc1ccccc1.Cl. The van der Waals surface area contributed by atoms with E-state index in [1.54, 1.807) is 0 Å². The highest BCUT2D eigenvalue weighted by molar-refractivity contribution is 5.85. The Morgan fingerprint density at radius 2 is 1.73 bits per heavy atom. The van der Waals surface area contributed by atoms with Gasteiger partial charge in [0.2, 0.25) is 0 Å². The lowest BCUT2D eigenvalue weighted by Gasteiger charge is -2.03. The summed E-state index contributed by atoms with van der Waals surface area (Å²) in [7, 11) is 0. The van der Waals surface area contributed by atoms with Gasteiger partial charge in [-0.15, -0.1) is 12.4 Å². The molecule has 0 saturated heterocycles. The molecule has 0 fully saturated rings. The highest BCUT2D eigenvalue weighted by Gasteiger charge is 1.98. The third-order valence-electron chi connectivity index (χ3n) is 2.35. The Kier molecular flexibility index (Phi) is 4.32. The van der Waals surface area contributed by atoms with Crippen molar-refractivity contribution in [3.63, 3.8) is 0 Å². The summed E-state index contributed by atoms with van der Waals surface area (Å²) in [5.41, 5.74) is 3.76. The first-order chi connectivity index (χ1) is 6.86. The van der Waals surface area contributed by atoms with Crippen LogP contribution in [-0.2, 0) is 6.42 Å². The van der Waals surface area contributed by atoms with E-state index in [0.717, 1.165) is 12.1 Å². The summed E-state index contributed by atoms with van der Waals surface area (Å²) in [5.74, 6) is 0. The highest BCUT2D eigenvalue weighted by atomic mass is 35.5. The van der Waals surface area contributed by atoms with Gasteiger partial charge in [-0.25, -0.2) is 0 Å². The standard InChI is InChI=1S/C13H13N.ClH/c1-11-13(8-5-9-14-11)10-12-6-3-2-4-7-12;/h2-9H,10H2,1H3;1H. The van der Waals surface area contributed by atoms with E-state index in [1.165, 1.54) is 11.1 Å². The highest BCUT2D eigenvalue weighted by Crippen LogP contribution is 2.10. The minimum Gasteiger partial charge on any atom is -0.261 e. The molecule has 0 aliphatic rings. The van der Waals surface area contributed by atoms with Crippen LogP contribution in [0.15, 0.2) is 48.7 Å². The summed E-state index contributed by atoms with van der Waals surface area (Å²) in [6.07, 6.45) is 2.81. The molecule has 0 saturated carbocycles. The molecule has 0 spiro atoms. The lowest BCUT2D eigenvalue weighted by molar-refractivity contribution is 1.08. The monoisotopic (exact) mass is 219 g/mol. The van der Waals surface area contributed by atoms with Gasteiger partial charge in [-0.2, -0.15) is 0 Å². The van der Waals surface area contributed by atoms with E-state index in [-0.39, 0.29) is 12.4 Å². The Bertz CT molecular complexity index is 412. The third-order valence-corrected chi connectivity index (χ3v) is 2.35. The van der Waals surface area contributed by atoms with Crippen LogP contribution in [0.5, 0.6) is 0 Å². The van der Waals surface area contributed by atoms with Crippen LogP contribution in [0.25, 0.3) is 0 Å². The number of hydrogen-bond donors (Lipinski definition) is 0. The normalized spacial score (nSPS) is 9.40. The lowest BCUT2D eigenvalue weighted by atomic mass is 10.0. The van der Waals surface area contributed by atoms with Gasteiger partial charge in [-0.05, 0) is 30.5 Å². The summed E-state index contributed by atoms with van der Waals surface area (Å²) in [5, 5.41) is 0. The predicted molar refractivity (Wildman–Crippen MR) is 65.5 cm³/mol. The van der Waals surface area contributed by atoms with Gasteiger partial charge in [0.15, 0.2) is 0 Å². The smallest absolute Gasteiger partial charge is 0.0407 e. The van der Waals surface area contributed by atoms with Crippen LogP contribution in [0.2, 0.25) is 0 Å². The van der Waals surface area contributed by atoms with E-state index >= 15 is 0 Å². The van der Waals surface area contributed by atoms with E-state index in [9.17, 15) is 0 Å². The van der Waals surface area contributed by atoms with Crippen molar-refractivity contribution in [1.29, 1.82) is 0 Å². The Labute approximate surface area is 96.6 Å². The minimum absolute atomic E-state index is 0. The number of nitrogens with zero attached hydrogens (tertiary/aromatic N) is 1. The maximum Gasteiger partial charge on any atom is 0.0407 e. The Morgan fingerprint density at radius 1 is 1.00 bits per heavy atom. The second-order valence-electron chi connectivity index (χ2n) is 3.41. The quantitative estimate of drug-likeness (QED) is 0.755. The molecule has 0 atom stereocenters. The second-order valence-corrected chi connectivity index (χ2v) is 3.41. The van der Waals surface area contributed by atoms with Gasteiger partial charge in [-0.3, -0.25) is 4.98 Å². The number of hydrogen-bond acceptors (Lipinski definition) is 1. The van der Waals surface area contributed by atoms with Crippen LogP contribution >= 0.6 is 12.4 Å². The molecular formula is C13H14ClN. The molecule has 2 aromatic rings. The van der Waals surface area contributed by atoms with Crippen molar-refractivity contribution >= 4 is 12.4 Å². The predicted octanol–water partition coefficient (Wildman–Crippen LogP) is 3.40. The Balaban J connectivity index is 0.00000112. The van der Waals surface area contributed by atoms with E-state index in [1.807, 2.05) is 18.3 Å². The van der Waals surface area contributed by atoms with Crippen LogP contribution in [0.4, 0.5) is 0 Å². The Morgan fingerprint density at radius 3 is 2.40 bits per heavy atom. The van der Waals surface area contributed by atoms with Crippen molar-refractivity contribution in [2.75, 3.05) is 0 Å². The molecule has 0 amide bonds. The van der Waals surface area contributed by atoms with Gasteiger partial charge >= 0.3 is 0 Å². The van der Waals surface area contributed by atoms with Crippen molar-refractivity contribution in [2.45, 2.75) is 13.3 Å². The van der Waals surface area contributed by atoms with Crippen LogP contribution < -0.4 is 0 Å². The van der Waals surface area contributed by atoms with Gasteiger partial charge in [0.25, 0.3) is 0 Å². The zero-order chi connectivity index (χ0) is 9.80. The third kappa shape index (κ3) is 3.07. The summed E-state index contributed by atoms with van der Waals surface area (Å²) in [4.78, 5) is 4.28. The van der Waals surface area contributed by atoms with Gasteiger partial charge in [-0.1, -0.05) is 36.4 Å². The first-order valence-electron chi connectivity index (χ1n) is 4.80. The van der Waals surface area contributed by atoms with Crippen molar-refractivity contribution in [1.82, 2.24) is 4.98 Å². The van der Waals surface area contributed by atoms with Crippen molar-refractivity contribution in [3.05, 3.63) is 65.5 Å². The molecular weight excluding hydrogens is 206 g/mol. The van der Waals surface area contributed by atoms with Crippen molar-refractivity contribution < 1.29 is 0 Å². The summed E-state index contributed by atoms with van der Waals surface area (Å²) in [6, 6.07) is 14.6. The Hall–Kier alpha value is -1.34. The number of aromatic nitrogens is 1. The zero-order valence-corrected chi connectivity index (χ0v) is 9.50. The molecule has 2 heteroatoms. The first kappa shape index (κ1) is 11.7. The number of rotatable bonds is 2. The molecule has 0 aliphatic heterocycles. The molecule has 15 heavy (non-hydrogen) atoms. The van der Waals surface area contributed by atoms with Crippen molar-refractivity contribution in [3.8, 4) is 0 Å². The molecule has 1 nitrogen and oxygen atoms in total. The van der Waals surface area contributed by atoms with Gasteiger partial charge in [0.1, 0.15) is 0 Å². The number of aryl methyl sites for hydroxylation is 1. The van der Waals surface area contributed by atoms with Gasteiger partial charge < -0.3 is 0 Å². The van der Waals surface area contributed by atoms with Gasteiger partial charge in [0, 0.05) is 11.9 Å². The molecule has 0 radical (unpaired) electrons. The van der Waals surface area contributed by atoms with Crippen LogP contribution in [0.1, 0.15) is 16.8 Å². The number of pyridine rings is 1. The molecule has 78 valence electrons.